The topological polar surface area (TPSA) is 55.8 Å². The van der Waals surface area contributed by atoms with Crippen molar-refractivity contribution in [1.82, 2.24) is 0 Å². The summed E-state index contributed by atoms with van der Waals surface area (Å²) in [7, 11) is 0. The fourth-order valence-corrected chi connectivity index (χ4v) is 4.61. The molecule has 0 bridgehead atoms. The molecule has 0 radical (unpaired) electrons. The lowest BCUT2D eigenvalue weighted by Gasteiger charge is -2.43. The Morgan fingerprint density at radius 2 is 1.94 bits per heavy atom. The first-order chi connectivity index (χ1) is 14.8. The van der Waals surface area contributed by atoms with Crippen molar-refractivity contribution < 1.29 is 19.4 Å². The SMILES string of the molecule is C=C(C)[C@H]1C[C@H](c2ccc(Cl)cc2)[C@H](CCC)O[C@@H]1c1cc(C(=O)O)ccc1OCC. The highest BCUT2D eigenvalue weighted by Gasteiger charge is 2.40. The van der Waals surface area contributed by atoms with Crippen molar-refractivity contribution in [3.05, 3.63) is 76.3 Å². The van der Waals surface area contributed by atoms with Crippen molar-refractivity contribution in [1.29, 1.82) is 0 Å². The Bertz CT molecular complexity index is 922. The van der Waals surface area contributed by atoms with Crippen LogP contribution in [0.1, 0.15) is 73.5 Å². The summed E-state index contributed by atoms with van der Waals surface area (Å²) in [5, 5.41) is 10.3. The van der Waals surface area contributed by atoms with Crippen LogP contribution in [0.2, 0.25) is 5.02 Å². The summed E-state index contributed by atoms with van der Waals surface area (Å²) in [4.78, 5) is 11.6. The van der Waals surface area contributed by atoms with Crippen LogP contribution in [0.25, 0.3) is 0 Å². The molecule has 2 aromatic carbocycles. The van der Waals surface area contributed by atoms with Gasteiger partial charge in [0.2, 0.25) is 0 Å². The van der Waals surface area contributed by atoms with Gasteiger partial charge < -0.3 is 14.6 Å². The highest BCUT2D eigenvalue weighted by atomic mass is 35.5. The third-order valence-corrected chi connectivity index (χ3v) is 6.26. The van der Waals surface area contributed by atoms with Gasteiger partial charge in [-0.25, -0.2) is 4.79 Å². The molecule has 0 aliphatic carbocycles. The molecule has 0 amide bonds. The zero-order valence-corrected chi connectivity index (χ0v) is 19.2. The summed E-state index contributed by atoms with van der Waals surface area (Å²) >= 11 is 6.11. The van der Waals surface area contributed by atoms with Gasteiger partial charge in [-0.1, -0.05) is 49.2 Å². The first-order valence-corrected chi connectivity index (χ1v) is 11.3. The molecule has 0 aromatic heterocycles. The average molecular weight is 443 g/mol. The number of carboxylic acids is 1. The molecule has 0 saturated carbocycles. The van der Waals surface area contributed by atoms with Crippen LogP contribution >= 0.6 is 11.6 Å². The number of aromatic carboxylic acids is 1. The summed E-state index contributed by atoms with van der Waals surface area (Å²) in [6, 6.07) is 13.0. The molecule has 31 heavy (non-hydrogen) atoms. The third-order valence-electron chi connectivity index (χ3n) is 6.01. The minimum atomic E-state index is -0.962. The number of hydrogen-bond donors (Lipinski definition) is 1. The Morgan fingerprint density at radius 1 is 1.23 bits per heavy atom. The predicted octanol–water partition coefficient (Wildman–Crippen LogP) is 7.04. The van der Waals surface area contributed by atoms with Crippen LogP contribution in [-0.2, 0) is 4.74 Å². The highest BCUT2D eigenvalue weighted by molar-refractivity contribution is 6.30. The fourth-order valence-electron chi connectivity index (χ4n) is 4.48. The third kappa shape index (κ3) is 5.31. The van der Waals surface area contributed by atoms with E-state index in [-0.39, 0.29) is 29.6 Å². The van der Waals surface area contributed by atoms with Crippen LogP contribution in [0.4, 0.5) is 0 Å². The van der Waals surface area contributed by atoms with Crippen LogP contribution in [0, 0.1) is 5.92 Å². The van der Waals surface area contributed by atoms with Gasteiger partial charge in [-0.3, -0.25) is 0 Å². The summed E-state index contributed by atoms with van der Waals surface area (Å²) < 4.78 is 12.6. The molecular weight excluding hydrogens is 412 g/mol. The molecule has 2 aromatic rings. The van der Waals surface area contributed by atoms with E-state index in [1.54, 1.807) is 18.2 Å². The zero-order valence-electron chi connectivity index (χ0n) is 18.4. The monoisotopic (exact) mass is 442 g/mol. The molecule has 1 fully saturated rings. The quantitative estimate of drug-likeness (QED) is 0.445. The smallest absolute Gasteiger partial charge is 0.335 e. The van der Waals surface area contributed by atoms with Gasteiger partial charge >= 0.3 is 5.97 Å². The summed E-state index contributed by atoms with van der Waals surface area (Å²) in [5.41, 5.74) is 3.23. The number of carboxylic acid groups (broad SMARTS) is 1. The Labute approximate surface area is 189 Å². The molecule has 0 unspecified atom stereocenters. The Morgan fingerprint density at radius 3 is 2.52 bits per heavy atom. The second-order valence-corrected chi connectivity index (χ2v) is 8.66. The van der Waals surface area contributed by atoms with Crippen LogP contribution in [0.5, 0.6) is 5.75 Å². The molecule has 1 heterocycles. The maximum atomic E-state index is 11.6. The Balaban J connectivity index is 2.04. The second-order valence-electron chi connectivity index (χ2n) is 8.22. The van der Waals surface area contributed by atoms with Gasteiger partial charge in [0.05, 0.1) is 24.4 Å². The van der Waals surface area contributed by atoms with E-state index in [1.807, 2.05) is 26.0 Å². The van der Waals surface area contributed by atoms with E-state index in [2.05, 4.69) is 25.6 Å². The predicted molar refractivity (Wildman–Crippen MR) is 124 cm³/mol. The summed E-state index contributed by atoms with van der Waals surface area (Å²) in [6.45, 7) is 10.8. The lowest BCUT2D eigenvalue weighted by atomic mass is 9.74. The summed E-state index contributed by atoms with van der Waals surface area (Å²) in [5.74, 6) is -0.0366. The van der Waals surface area contributed by atoms with Crippen molar-refractivity contribution in [2.45, 2.75) is 58.2 Å². The highest BCUT2D eigenvalue weighted by Crippen LogP contribution is 2.49. The largest absolute Gasteiger partial charge is 0.493 e. The van der Waals surface area contributed by atoms with Crippen molar-refractivity contribution in [2.75, 3.05) is 6.61 Å². The van der Waals surface area contributed by atoms with Crippen LogP contribution < -0.4 is 4.74 Å². The first kappa shape index (κ1) is 23.4. The van der Waals surface area contributed by atoms with E-state index in [0.717, 1.165) is 30.4 Å². The van der Waals surface area contributed by atoms with Gasteiger partial charge in [0.15, 0.2) is 0 Å². The van der Waals surface area contributed by atoms with E-state index >= 15 is 0 Å². The minimum absolute atomic E-state index is 0.00902. The number of ether oxygens (including phenoxy) is 2. The van der Waals surface area contributed by atoms with Gasteiger partial charge in [-0.05, 0) is 62.6 Å². The summed E-state index contributed by atoms with van der Waals surface area (Å²) in [6.07, 6.45) is 2.48. The number of hydrogen-bond acceptors (Lipinski definition) is 3. The first-order valence-electron chi connectivity index (χ1n) is 10.9. The minimum Gasteiger partial charge on any atom is -0.493 e. The van der Waals surface area contributed by atoms with Crippen LogP contribution in [0.15, 0.2) is 54.6 Å². The van der Waals surface area contributed by atoms with E-state index in [0.29, 0.717) is 17.4 Å². The lowest BCUT2D eigenvalue weighted by molar-refractivity contribution is -0.0931. The zero-order chi connectivity index (χ0) is 22.5. The molecular formula is C26H31ClO4. The maximum absolute atomic E-state index is 11.6. The van der Waals surface area contributed by atoms with Crippen molar-refractivity contribution in [3.63, 3.8) is 0 Å². The van der Waals surface area contributed by atoms with Crippen molar-refractivity contribution >= 4 is 17.6 Å². The fraction of sp³-hybridized carbons (Fsp3) is 0.423. The lowest BCUT2D eigenvalue weighted by Crippen LogP contribution is -2.36. The molecule has 1 N–H and O–H groups in total. The standard InChI is InChI=1S/C26H31ClO4/c1-5-7-24-21(17-8-11-19(27)12-9-17)15-20(16(3)4)25(31-24)22-14-18(26(28)29)10-13-23(22)30-6-2/h8-14,20-21,24-25H,3,5-7,15H2,1-2,4H3,(H,28,29)/t20-,21-,24+,25+/m1/s1. The molecule has 1 aliphatic rings. The van der Waals surface area contributed by atoms with E-state index in [4.69, 9.17) is 21.1 Å². The average Bonchev–Trinajstić information content (AvgIpc) is 2.74. The van der Waals surface area contributed by atoms with Gasteiger partial charge in [-0.2, -0.15) is 0 Å². The van der Waals surface area contributed by atoms with Crippen molar-refractivity contribution in [2.24, 2.45) is 5.92 Å². The number of carbonyl (C=O) groups is 1. The van der Waals surface area contributed by atoms with Gasteiger partial charge in [0.1, 0.15) is 5.75 Å². The van der Waals surface area contributed by atoms with Gasteiger partial charge in [0.25, 0.3) is 0 Å². The van der Waals surface area contributed by atoms with E-state index < -0.39 is 5.97 Å². The number of halogens is 1. The van der Waals surface area contributed by atoms with Crippen molar-refractivity contribution in [3.8, 4) is 5.75 Å². The van der Waals surface area contributed by atoms with Gasteiger partial charge in [-0.15, -0.1) is 0 Å². The Kier molecular flexibility index (Phi) is 7.79. The maximum Gasteiger partial charge on any atom is 0.335 e. The second kappa shape index (κ2) is 10.3. The molecule has 166 valence electrons. The normalized spacial score (nSPS) is 23.4. The molecule has 1 aliphatic heterocycles. The van der Waals surface area contributed by atoms with Gasteiger partial charge in [0, 0.05) is 22.4 Å². The number of benzene rings is 2. The molecule has 0 spiro atoms. The van der Waals surface area contributed by atoms with E-state index in [9.17, 15) is 9.90 Å². The molecule has 1 saturated heterocycles. The molecule has 3 rings (SSSR count). The molecule has 5 heteroatoms. The Hall–Kier alpha value is -2.30. The molecule has 4 nitrogen and oxygen atoms in total. The van der Waals surface area contributed by atoms with E-state index in [1.165, 1.54) is 5.56 Å². The van der Waals surface area contributed by atoms with Crippen LogP contribution in [-0.4, -0.2) is 23.8 Å². The molecule has 4 atom stereocenters. The number of rotatable bonds is 8. The van der Waals surface area contributed by atoms with Crippen LogP contribution in [0.3, 0.4) is 0 Å².